The number of hydrogen-bond acceptors (Lipinski definition) is 3. The number of nitrogens with zero attached hydrogens (tertiary/aromatic N) is 2. The van der Waals surface area contributed by atoms with Gasteiger partial charge in [0.15, 0.2) is 0 Å². The normalized spacial score (nSPS) is 11.6. The second-order valence-corrected chi connectivity index (χ2v) is 4.74. The number of rotatable bonds is 5. The predicted molar refractivity (Wildman–Crippen MR) is 69.8 cm³/mol. The quantitative estimate of drug-likeness (QED) is 0.827. The molecule has 0 amide bonds. The van der Waals surface area contributed by atoms with E-state index in [4.69, 9.17) is 0 Å². The summed E-state index contributed by atoms with van der Waals surface area (Å²) in [6.45, 7) is 7.54. The maximum Gasteiger partial charge on any atom is 0.133 e. The molecule has 0 aliphatic heterocycles. The Kier molecular flexibility index (Phi) is 4.30. The molecule has 0 aliphatic rings. The molecule has 0 atom stereocenters. The molecule has 90 valence electrons. The highest BCUT2D eigenvalue weighted by atomic mass is 15.2. The van der Waals surface area contributed by atoms with Gasteiger partial charge in [-0.2, -0.15) is 0 Å². The van der Waals surface area contributed by atoms with Crippen LogP contribution in [-0.4, -0.2) is 24.6 Å². The number of pyridine rings is 1. The van der Waals surface area contributed by atoms with Gasteiger partial charge in [-0.1, -0.05) is 13.0 Å². The van der Waals surface area contributed by atoms with Crippen LogP contribution in [0.5, 0.6) is 0 Å². The van der Waals surface area contributed by atoms with E-state index in [1.54, 1.807) is 0 Å². The van der Waals surface area contributed by atoms with E-state index in [0.717, 1.165) is 18.8 Å². The lowest BCUT2D eigenvalue weighted by molar-refractivity contribution is 0.465. The van der Waals surface area contributed by atoms with E-state index in [-0.39, 0.29) is 5.54 Å². The Labute approximate surface area is 98.9 Å². The molecule has 3 nitrogen and oxygen atoms in total. The highest BCUT2D eigenvalue weighted by Crippen LogP contribution is 2.25. The van der Waals surface area contributed by atoms with Crippen molar-refractivity contribution in [3.63, 3.8) is 0 Å². The van der Waals surface area contributed by atoms with E-state index < -0.39 is 0 Å². The van der Waals surface area contributed by atoms with Gasteiger partial charge in [-0.25, -0.2) is 4.98 Å². The van der Waals surface area contributed by atoms with Crippen LogP contribution in [-0.2, 0) is 6.54 Å². The number of hydrogen-bond donors (Lipinski definition) is 1. The van der Waals surface area contributed by atoms with Crippen molar-refractivity contribution in [1.82, 2.24) is 10.3 Å². The first-order valence-corrected chi connectivity index (χ1v) is 5.85. The molecular weight excluding hydrogens is 198 g/mol. The van der Waals surface area contributed by atoms with Crippen molar-refractivity contribution in [3.05, 3.63) is 23.9 Å². The van der Waals surface area contributed by atoms with Crippen LogP contribution in [0.1, 0.15) is 32.8 Å². The Morgan fingerprint density at radius 1 is 1.44 bits per heavy atom. The molecule has 0 spiro atoms. The molecule has 1 N–H and O–H groups in total. The SMILES string of the molecule is CCC(C)(C)N(C)c1ncccc1CNC. The summed E-state index contributed by atoms with van der Waals surface area (Å²) in [6, 6.07) is 4.12. The summed E-state index contributed by atoms with van der Waals surface area (Å²) in [5.74, 6) is 1.07. The summed E-state index contributed by atoms with van der Waals surface area (Å²) >= 11 is 0. The number of anilines is 1. The molecule has 3 heteroatoms. The van der Waals surface area contributed by atoms with E-state index in [9.17, 15) is 0 Å². The minimum absolute atomic E-state index is 0.136. The third-order valence-corrected chi connectivity index (χ3v) is 3.33. The van der Waals surface area contributed by atoms with Gasteiger partial charge in [0.1, 0.15) is 5.82 Å². The van der Waals surface area contributed by atoms with Gasteiger partial charge >= 0.3 is 0 Å². The molecule has 1 aromatic rings. The summed E-state index contributed by atoms with van der Waals surface area (Å²) in [7, 11) is 4.08. The van der Waals surface area contributed by atoms with Crippen molar-refractivity contribution in [3.8, 4) is 0 Å². The van der Waals surface area contributed by atoms with Crippen molar-refractivity contribution < 1.29 is 0 Å². The zero-order chi connectivity index (χ0) is 12.2. The summed E-state index contributed by atoms with van der Waals surface area (Å²) in [6.07, 6.45) is 2.95. The van der Waals surface area contributed by atoms with Crippen LogP contribution in [0.15, 0.2) is 18.3 Å². The molecule has 16 heavy (non-hydrogen) atoms. The van der Waals surface area contributed by atoms with Crippen LogP contribution in [0.2, 0.25) is 0 Å². The Morgan fingerprint density at radius 2 is 2.12 bits per heavy atom. The van der Waals surface area contributed by atoms with Gasteiger partial charge < -0.3 is 10.2 Å². The molecule has 0 saturated carbocycles. The second kappa shape index (κ2) is 5.30. The molecule has 0 bridgehead atoms. The maximum atomic E-state index is 4.50. The molecule has 1 heterocycles. The Hall–Kier alpha value is -1.09. The molecule has 0 unspecified atom stereocenters. The Balaban J connectivity index is 3.02. The average Bonchev–Trinajstić information content (AvgIpc) is 2.29. The average molecular weight is 221 g/mol. The lowest BCUT2D eigenvalue weighted by Gasteiger charge is -2.36. The number of aromatic nitrogens is 1. The summed E-state index contributed by atoms with van der Waals surface area (Å²) in [5.41, 5.74) is 1.38. The van der Waals surface area contributed by atoms with Gasteiger partial charge in [0.2, 0.25) is 0 Å². The lowest BCUT2D eigenvalue weighted by atomic mass is 9.99. The van der Waals surface area contributed by atoms with Crippen LogP contribution in [0.4, 0.5) is 5.82 Å². The van der Waals surface area contributed by atoms with Crippen LogP contribution in [0, 0.1) is 0 Å². The summed E-state index contributed by atoms with van der Waals surface area (Å²) in [5, 5.41) is 3.18. The predicted octanol–water partition coefficient (Wildman–Crippen LogP) is 2.43. The van der Waals surface area contributed by atoms with Gasteiger partial charge in [0.05, 0.1) is 0 Å². The van der Waals surface area contributed by atoms with Gasteiger partial charge in [-0.05, 0) is 33.4 Å². The Bertz CT molecular complexity index is 334. The first-order chi connectivity index (χ1) is 7.53. The highest BCUT2D eigenvalue weighted by Gasteiger charge is 2.23. The van der Waals surface area contributed by atoms with Gasteiger partial charge in [-0.15, -0.1) is 0 Å². The van der Waals surface area contributed by atoms with E-state index >= 15 is 0 Å². The summed E-state index contributed by atoms with van der Waals surface area (Å²) < 4.78 is 0. The van der Waals surface area contributed by atoms with E-state index in [1.807, 2.05) is 19.3 Å². The summed E-state index contributed by atoms with van der Waals surface area (Å²) in [4.78, 5) is 6.76. The molecule has 1 rings (SSSR count). The molecule has 0 radical (unpaired) electrons. The van der Waals surface area contributed by atoms with E-state index in [1.165, 1.54) is 5.56 Å². The zero-order valence-electron chi connectivity index (χ0n) is 11.0. The van der Waals surface area contributed by atoms with E-state index in [2.05, 4.69) is 49.1 Å². The maximum absolute atomic E-state index is 4.50. The fourth-order valence-electron chi connectivity index (χ4n) is 1.58. The van der Waals surface area contributed by atoms with Crippen LogP contribution in [0.3, 0.4) is 0 Å². The van der Waals surface area contributed by atoms with Crippen molar-refractivity contribution in [2.45, 2.75) is 39.3 Å². The second-order valence-electron chi connectivity index (χ2n) is 4.74. The molecule has 0 aromatic carbocycles. The first-order valence-electron chi connectivity index (χ1n) is 5.85. The van der Waals surface area contributed by atoms with Crippen LogP contribution < -0.4 is 10.2 Å². The standard InChI is InChI=1S/C13H23N3/c1-6-13(2,3)16(5)12-11(10-14-4)8-7-9-15-12/h7-9,14H,6,10H2,1-5H3. The topological polar surface area (TPSA) is 28.2 Å². The Morgan fingerprint density at radius 3 is 2.69 bits per heavy atom. The van der Waals surface area contributed by atoms with Gasteiger partial charge in [-0.3, -0.25) is 0 Å². The molecule has 0 fully saturated rings. The minimum Gasteiger partial charge on any atom is -0.354 e. The fourth-order valence-corrected chi connectivity index (χ4v) is 1.58. The molecule has 0 saturated heterocycles. The highest BCUT2D eigenvalue weighted by molar-refractivity contribution is 5.48. The zero-order valence-corrected chi connectivity index (χ0v) is 11.0. The van der Waals surface area contributed by atoms with Crippen molar-refractivity contribution in [2.24, 2.45) is 0 Å². The molecule has 1 aromatic heterocycles. The van der Waals surface area contributed by atoms with Gasteiger partial charge in [0, 0.05) is 30.9 Å². The lowest BCUT2D eigenvalue weighted by Crippen LogP contribution is -2.41. The fraction of sp³-hybridized carbons (Fsp3) is 0.615. The first kappa shape index (κ1) is 13.0. The monoisotopic (exact) mass is 221 g/mol. The third-order valence-electron chi connectivity index (χ3n) is 3.33. The van der Waals surface area contributed by atoms with E-state index in [0.29, 0.717) is 0 Å². The van der Waals surface area contributed by atoms with Crippen LogP contribution in [0.25, 0.3) is 0 Å². The third kappa shape index (κ3) is 2.73. The minimum atomic E-state index is 0.136. The smallest absolute Gasteiger partial charge is 0.133 e. The van der Waals surface area contributed by atoms with Crippen molar-refractivity contribution in [2.75, 3.05) is 19.0 Å². The number of nitrogens with one attached hydrogen (secondary N) is 1. The largest absolute Gasteiger partial charge is 0.354 e. The molecular formula is C13H23N3. The van der Waals surface area contributed by atoms with Crippen molar-refractivity contribution in [1.29, 1.82) is 0 Å². The van der Waals surface area contributed by atoms with Crippen LogP contribution >= 0.6 is 0 Å². The van der Waals surface area contributed by atoms with Gasteiger partial charge in [0.25, 0.3) is 0 Å². The van der Waals surface area contributed by atoms with Crippen molar-refractivity contribution >= 4 is 5.82 Å². The molecule has 0 aliphatic carbocycles.